The number of carboxylic acids is 1. The van der Waals surface area contributed by atoms with Crippen LogP contribution in [-0.4, -0.2) is 23.2 Å². The van der Waals surface area contributed by atoms with Gasteiger partial charge in [0.2, 0.25) is 0 Å². The van der Waals surface area contributed by atoms with Gasteiger partial charge in [-0.05, 0) is 18.0 Å². The lowest BCUT2D eigenvalue weighted by atomic mass is 10.2. The van der Waals surface area contributed by atoms with Crippen LogP contribution in [0.3, 0.4) is 0 Å². The molecule has 0 spiro atoms. The van der Waals surface area contributed by atoms with Crippen LogP contribution in [0.5, 0.6) is 0 Å². The van der Waals surface area contributed by atoms with Gasteiger partial charge in [-0.3, -0.25) is 10.4 Å². The number of nitrogens with one attached hydrogen (secondary N) is 1. The number of allylic oxidation sites excluding steroid dienone is 1. The fourth-order valence-corrected chi connectivity index (χ4v) is 0.922. The normalized spacial score (nSPS) is 9.71. The minimum atomic E-state index is -1.02. The molecule has 0 aliphatic heterocycles. The molecule has 0 saturated carbocycles. The molecule has 1 rings (SSSR count). The van der Waals surface area contributed by atoms with Gasteiger partial charge in [-0.2, -0.15) is 0 Å². The summed E-state index contributed by atoms with van der Waals surface area (Å²) >= 11 is 0. The van der Waals surface area contributed by atoms with Crippen molar-refractivity contribution >= 4 is 23.7 Å². The number of aliphatic imine (C=N–C) groups is 1. The number of hydrogen-bond acceptors (Lipinski definition) is 3. The van der Waals surface area contributed by atoms with Gasteiger partial charge in [0, 0.05) is 12.3 Å². The number of carbonyl (C=O) groups is 1. The molecular weight excluding hydrogens is 180 g/mol. The molecule has 0 bridgehead atoms. The summed E-state index contributed by atoms with van der Waals surface area (Å²) in [6, 6.07) is 6.41. The first-order valence-electron chi connectivity index (χ1n) is 3.86. The Bertz CT molecular complexity index is 418. The van der Waals surface area contributed by atoms with E-state index in [1.807, 2.05) is 5.87 Å². The highest BCUT2D eigenvalue weighted by Gasteiger charge is 2.06. The van der Waals surface area contributed by atoms with Crippen LogP contribution in [0.25, 0.3) is 0 Å². The van der Waals surface area contributed by atoms with Gasteiger partial charge >= 0.3 is 5.97 Å². The smallest absolute Gasteiger partial charge is 0.337 e. The molecule has 0 unspecified atom stereocenters. The molecule has 0 heterocycles. The minimum absolute atomic E-state index is 0.141. The molecule has 4 heteroatoms. The summed E-state index contributed by atoms with van der Waals surface area (Å²) in [5.41, 5.74) is 0.508. The van der Waals surface area contributed by atoms with Crippen molar-refractivity contribution in [3.05, 3.63) is 35.9 Å². The number of aromatic carboxylic acids is 1. The van der Waals surface area contributed by atoms with Crippen molar-refractivity contribution in [3.8, 4) is 0 Å². The molecule has 4 nitrogen and oxygen atoms in total. The predicted molar refractivity (Wildman–Crippen MR) is 53.9 cm³/mol. The lowest BCUT2D eigenvalue weighted by molar-refractivity contribution is 0.0698. The third-order valence-electron chi connectivity index (χ3n) is 1.51. The number of hydrogen-bond donors (Lipinski definition) is 2. The van der Waals surface area contributed by atoms with Gasteiger partial charge in [0.05, 0.1) is 11.3 Å². The number of rotatable bonds is 3. The van der Waals surface area contributed by atoms with E-state index in [-0.39, 0.29) is 5.56 Å². The van der Waals surface area contributed by atoms with Crippen molar-refractivity contribution in [2.75, 3.05) is 0 Å². The van der Waals surface area contributed by atoms with Crippen molar-refractivity contribution in [1.82, 2.24) is 0 Å². The molecule has 0 aromatic heterocycles. The van der Waals surface area contributed by atoms with Crippen molar-refractivity contribution in [2.24, 2.45) is 4.99 Å². The lowest BCUT2D eigenvalue weighted by Gasteiger charge is -1.97. The van der Waals surface area contributed by atoms with Crippen LogP contribution in [-0.2, 0) is 0 Å². The van der Waals surface area contributed by atoms with E-state index in [2.05, 4.69) is 4.99 Å². The van der Waals surface area contributed by atoms with Gasteiger partial charge in [-0.15, -0.1) is 0 Å². The molecular formula is C10H8N2O2. The van der Waals surface area contributed by atoms with Crippen LogP contribution in [0.2, 0.25) is 0 Å². The largest absolute Gasteiger partial charge is 0.478 e. The Morgan fingerprint density at radius 1 is 1.50 bits per heavy atom. The van der Waals surface area contributed by atoms with Gasteiger partial charge in [-0.25, -0.2) is 4.79 Å². The maximum absolute atomic E-state index is 10.7. The highest BCUT2D eigenvalue weighted by Crippen LogP contribution is 2.17. The van der Waals surface area contributed by atoms with Crippen molar-refractivity contribution < 1.29 is 9.90 Å². The molecule has 1 aromatic carbocycles. The van der Waals surface area contributed by atoms with E-state index >= 15 is 0 Å². The fourth-order valence-electron chi connectivity index (χ4n) is 0.922. The summed E-state index contributed by atoms with van der Waals surface area (Å²) in [6.45, 7) is 0. The average molecular weight is 188 g/mol. The standard InChI is InChI=1S/C10H8N2O2/c11-6-3-7-12-9-5-2-1-4-8(9)10(13)14/h1-5,7,11H,(H,13,14). The highest BCUT2D eigenvalue weighted by atomic mass is 16.4. The third-order valence-corrected chi connectivity index (χ3v) is 1.51. The van der Waals surface area contributed by atoms with Gasteiger partial charge in [-0.1, -0.05) is 12.1 Å². The molecule has 2 N–H and O–H groups in total. The maximum Gasteiger partial charge on any atom is 0.337 e. The summed E-state index contributed by atoms with van der Waals surface area (Å²) in [5, 5.41) is 15.4. The fraction of sp³-hybridized carbons (Fsp3) is 0. The second kappa shape index (κ2) is 4.74. The van der Waals surface area contributed by atoms with Gasteiger partial charge < -0.3 is 5.11 Å². The molecule has 1 aromatic rings. The summed E-state index contributed by atoms with van der Waals surface area (Å²) in [4.78, 5) is 14.6. The van der Waals surface area contributed by atoms with E-state index in [4.69, 9.17) is 10.5 Å². The maximum atomic E-state index is 10.7. The second-order valence-electron chi connectivity index (χ2n) is 2.41. The summed E-state index contributed by atoms with van der Waals surface area (Å²) in [6.07, 6.45) is 2.62. The highest BCUT2D eigenvalue weighted by molar-refractivity contribution is 5.95. The Morgan fingerprint density at radius 2 is 2.21 bits per heavy atom. The lowest BCUT2D eigenvalue weighted by Crippen LogP contribution is -1.95. The van der Waals surface area contributed by atoms with Crippen LogP contribution in [0.1, 0.15) is 10.4 Å². The monoisotopic (exact) mass is 188 g/mol. The van der Waals surface area contributed by atoms with E-state index < -0.39 is 5.97 Å². The third kappa shape index (κ3) is 2.40. The van der Waals surface area contributed by atoms with E-state index in [1.165, 1.54) is 18.4 Å². The zero-order valence-corrected chi connectivity index (χ0v) is 7.27. The molecule has 70 valence electrons. The zero-order valence-electron chi connectivity index (χ0n) is 7.27. The quantitative estimate of drug-likeness (QED) is 0.711. The molecule has 14 heavy (non-hydrogen) atoms. The molecule has 0 fully saturated rings. The van der Waals surface area contributed by atoms with Crippen LogP contribution in [0, 0.1) is 5.41 Å². The molecule has 0 aliphatic carbocycles. The number of carboxylic acid groups (broad SMARTS) is 1. The Balaban J connectivity index is 3.07. The SMILES string of the molecule is N=C=CC=Nc1ccccc1C(=O)O. The van der Waals surface area contributed by atoms with E-state index in [0.717, 1.165) is 0 Å². The van der Waals surface area contributed by atoms with E-state index in [9.17, 15) is 4.79 Å². The Morgan fingerprint density at radius 3 is 2.86 bits per heavy atom. The number of benzene rings is 1. The molecule has 0 radical (unpaired) electrons. The van der Waals surface area contributed by atoms with Crippen molar-refractivity contribution in [1.29, 1.82) is 5.41 Å². The zero-order chi connectivity index (χ0) is 10.4. The van der Waals surface area contributed by atoms with Crippen molar-refractivity contribution in [2.45, 2.75) is 0 Å². The number of nitrogens with zero attached hydrogens (tertiary/aromatic N) is 1. The predicted octanol–water partition coefficient (Wildman–Crippen LogP) is 1.89. The first-order valence-corrected chi connectivity index (χ1v) is 3.86. The van der Waals surface area contributed by atoms with E-state index in [1.54, 1.807) is 18.2 Å². The molecule has 0 aliphatic rings. The first-order chi connectivity index (χ1) is 6.75. The Labute approximate surface area is 80.7 Å². The average Bonchev–Trinajstić information content (AvgIpc) is 2.19. The summed E-state index contributed by atoms with van der Waals surface area (Å²) in [5.74, 6) is 0.998. The molecule has 0 saturated heterocycles. The van der Waals surface area contributed by atoms with Gasteiger partial charge in [0.1, 0.15) is 0 Å². The Kier molecular flexibility index (Phi) is 3.35. The minimum Gasteiger partial charge on any atom is -0.478 e. The number of para-hydroxylation sites is 1. The Hall–Kier alpha value is -2.19. The van der Waals surface area contributed by atoms with Crippen LogP contribution in [0.15, 0.2) is 35.3 Å². The first kappa shape index (κ1) is 9.89. The van der Waals surface area contributed by atoms with Crippen LogP contribution >= 0.6 is 0 Å². The van der Waals surface area contributed by atoms with Crippen LogP contribution in [0.4, 0.5) is 5.69 Å². The van der Waals surface area contributed by atoms with Gasteiger partial charge in [0.25, 0.3) is 0 Å². The molecule has 0 amide bonds. The molecule has 0 atom stereocenters. The van der Waals surface area contributed by atoms with E-state index in [0.29, 0.717) is 5.69 Å². The van der Waals surface area contributed by atoms with Gasteiger partial charge in [0.15, 0.2) is 0 Å². The summed E-state index contributed by atoms with van der Waals surface area (Å²) < 4.78 is 0. The second-order valence-corrected chi connectivity index (χ2v) is 2.41. The summed E-state index contributed by atoms with van der Waals surface area (Å²) in [7, 11) is 0. The topological polar surface area (TPSA) is 73.5 Å². The van der Waals surface area contributed by atoms with Crippen molar-refractivity contribution in [3.63, 3.8) is 0 Å². The van der Waals surface area contributed by atoms with Crippen LogP contribution < -0.4 is 0 Å².